The van der Waals surface area contributed by atoms with Gasteiger partial charge in [0.25, 0.3) is 0 Å². The average molecular weight is 546 g/mol. The molecule has 0 aliphatic carbocycles. The molecular formula is C27H29ClFN3O4S. The van der Waals surface area contributed by atoms with Gasteiger partial charge in [0.2, 0.25) is 21.8 Å². The number of likely N-dealkylation sites (N-methyl/N-ethyl adjacent to an activating group) is 1. The first kappa shape index (κ1) is 28.1. The third-order valence-corrected chi connectivity index (χ3v) is 7.42. The van der Waals surface area contributed by atoms with E-state index in [4.69, 9.17) is 11.6 Å². The van der Waals surface area contributed by atoms with Crippen LogP contribution >= 0.6 is 11.6 Å². The van der Waals surface area contributed by atoms with Crippen LogP contribution in [-0.4, -0.2) is 51.0 Å². The molecule has 7 nitrogen and oxygen atoms in total. The van der Waals surface area contributed by atoms with Gasteiger partial charge in [-0.05, 0) is 41.8 Å². The number of carbonyl (C=O) groups excluding carboxylic acids is 2. The summed E-state index contributed by atoms with van der Waals surface area (Å²) in [5.74, 6) is -1.70. The summed E-state index contributed by atoms with van der Waals surface area (Å²) in [5.41, 5.74) is 2.61. The predicted molar refractivity (Wildman–Crippen MR) is 143 cm³/mol. The van der Waals surface area contributed by atoms with E-state index in [1.807, 2.05) is 61.5 Å². The highest BCUT2D eigenvalue weighted by atomic mass is 35.5. The molecule has 1 atom stereocenters. The Balaban J connectivity index is 2.05. The quantitative estimate of drug-likeness (QED) is 0.418. The summed E-state index contributed by atoms with van der Waals surface area (Å²) < 4.78 is 40.0. The molecule has 0 aromatic heterocycles. The minimum absolute atomic E-state index is 0.0395. The maximum absolute atomic E-state index is 13.8. The molecule has 37 heavy (non-hydrogen) atoms. The Morgan fingerprint density at radius 2 is 1.68 bits per heavy atom. The molecule has 0 spiro atoms. The highest BCUT2D eigenvalue weighted by Gasteiger charge is 2.33. The van der Waals surface area contributed by atoms with Crippen molar-refractivity contribution >= 4 is 39.1 Å². The van der Waals surface area contributed by atoms with E-state index in [0.29, 0.717) is 0 Å². The third-order valence-electron chi connectivity index (χ3n) is 5.99. The number of nitrogens with one attached hydrogen (secondary N) is 1. The van der Waals surface area contributed by atoms with Gasteiger partial charge in [0.05, 0.1) is 17.0 Å². The molecule has 196 valence electrons. The fourth-order valence-electron chi connectivity index (χ4n) is 3.95. The fraction of sp³-hybridized carbons (Fsp3) is 0.259. The zero-order chi connectivity index (χ0) is 27.2. The molecule has 2 amide bonds. The molecule has 0 saturated carbocycles. The summed E-state index contributed by atoms with van der Waals surface area (Å²) in [6.45, 7) is 1.38. The van der Waals surface area contributed by atoms with Crippen LogP contribution in [-0.2, 0) is 32.6 Å². The molecule has 3 rings (SSSR count). The predicted octanol–water partition coefficient (Wildman–Crippen LogP) is 3.94. The molecule has 0 fully saturated rings. The van der Waals surface area contributed by atoms with E-state index in [1.165, 1.54) is 18.0 Å². The number of halogens is 2. The first-order valence-corrected chi connectivity index (χ1v) is 13.8. The number of hydrogen-bond acceptors (Lipinski definition) is 4. The number of carbonyl (C=O) groups is 2. The number of aryl methyl sites for hydroxylation is 1. The van der Waals surface area contributed by atoms with Gasteiger partial charge in [-0.2, -0.15) is 0 Å². The van der Waals surface area contributed by atoms with Crippen molar-refractivity contribution in [1.82, 2.24) is 10.2 Å². The topological polar surface area (TPSA) is 86.8 Å². The summed E-state index contributed by atoms with van der Waals surface area (Å²) in [6, 6.07) is 19.2. The SMILES string of the molecule is CNC(=O)[C@H](Cc1ccccc1)N(Cc1ccccc1C)C(=O)CN(c1ccc(F)c(Cl)c1)S(C)(=O)=O. The van der Waals surface area contributed by atoms with Gasteiger partial charge >= 0.3 is 0 Å². The van der Waals surface area contributed by atoms with Crippen molar-refractivity contribution < 1.29 is 22.4 Å². The second kappa shape index (κ2) is 12.2. The normalized spacial score (nSPS) is 12.0. The van der Waals surface area contributed by atoms with Crippen LogP contribution in [0.2, 0.25) is 5.02 Å². The Morgan fingerprint density at radius 1 is 1.03 bits per heavy atom. The van der Waals surface area contributed by atoms with Crippen molar-refractivity contribution in [2.24, 2.45) is 0 Å². The summed E-state index contributed by atoms with van der Waals surface area (Å²) in [4.78, 5) is 28.3. The van der Waals surface area contributed by atoms with Crippen LogP contribution in [0.15, 0.2) is 72.8 Å². The van der Waals surface area contributed by atoms with Crippen LogP contribution in [0.25, 0.3) is 0 Å². The molecule has 0 radical (unpaired) electrons. The monoisotopic (exact) mass is 545 g/mol. The van der Waals surface area contributed by atoms with Gasteiger partial charge in [0, 0.05) is 20.0 Å². The Kier molecular flexibility index (Phi) is 9.29. The zero-order valence-corrected chi connectivity index (χ0v) is 22.4. The van der Waals surface area contributed by atoms with Crippen molar-refractivity contribution in [2.45, 2.75) is 25.9 Å². The minimum atomic E-state index is -3.96. The maximum atomic E-state index is 13.8. The lowest BCUT2D eigenvalue weighted by Gasteiger charge is -2.33. The zero-order valence-electron chi connectivity index (χ0n) is 20.8. The minimum Gasteiger partial charge on any atom is -0.357 e. The van der Waals surface area contributed by atoms with E-state index in [-0.39, 0.29) is 29.6 Å². The average Bonchev–Trinajstić information content (AvgIpc) is 2.86. The molecule has 10 heteroatoms. The van der Waals surface area contributed by atoms with Crippen LogP contribution in [0, 0.1) is 12.7 Å². The summed E-state index contributed by atoms with van der Waals surface area (Å²) in [6.07, 6.45) is 1.17. The summed E-state index contributed by atoms with van der Waals surface area (Å²) in [7, 11) is -2.48. The lowest BCUT2D eigenvalue weighted by molar-refractivity contribution is -0.139. The van der Waals surface area contributed by atoms with E-state index >= 15 is 0 Å². The number of hydrogen-bond donors (Lipinski definition) is 1. The second-order valence-corrected chi connectivity index (χ2v) is 10.9. The maximum Gasteiger partial charge on any atom is 0.244 e. The van der Waals surface area contributed by atoms with Crippen LogP contribution in [0.3, 0.4) is 0 Å². The lowest BCUT2D eigenvalue weighted by Crippen LogP contribution is -2.53. The Labute approximate surface area is 221 Å². The Morgan fingerprint density at radius 3 is 2.27 bits per heavy atom. The van der Waals surface area contributed by atoms with Gasteiger partial charge in [0.1, 0.15) is 18.4 Å². The van der Waals surface area contributed by atoms with Crippen molar-refractivity contribution in [3.05, 3.63) is 100 Å². The van der Waals surface area contributed by atoms with Crippen molar-refractivity contribution in [2.75, 3.05) is 24.2 Å². The molecule has 3 aromatic rings. The van der Waals surface area contributed by atoms with Crippen LogP contribution in [0.1, 0.15) is 16.7 Å². The van der Waals surface area contributed by atoms with Gasteiger partial charge in [-0.3, -0.25) is 13.9 Å². The molecule has 0 unspecified atom stereocenters. The van der Waals surface area contributed by atoms with Gasteiger partial charge < -0.3 is 10.2 Å². The number of nitrogens with zero attached hydrogens (tertiary/aromatic N) is 2. The van der Waals surface area contributed by atoms with Crippen molar-refractivity contribution in [3.63, 3.8) is 0 Å². The first-order chi connectivity index (χ1) is 17.5. The van der Waals surface area contributed by atoms with Crippen molar-refractivity contribution in [1.29, 1.82) is 0 Å². The molecule has 1 N–H and O–H groups in total. The second-order valence-electron chi connectivity index (χ2n) is 8.64. The molecule has 3 aromatic carbocycles. The third kappa shape index (κ3) is 7.30. The van der Waals surface area contributed by atoms with E-state index in [0.717, 1.165) is 39.4 Å². The van der Waals surface area contributed by atoms with Crippen LogP contribution in [0.4, 0.5) is 10.1 Å². The molecular weight excluding hydrogens is 517 g/mol. The molecule has 0 bridgehead atoms. The van der Waals surface area contributed by atoms with E-state index in [2.05, 4.69) is 5.32 Å². The number of rotatable bonds is 10. The standard InChI is InChI=1S/C27H29ClFN3O4S/c1-19-9-7-8-12-21(19)17-31(25(27(34)30-2)15-20-10-5-4-6-11-20)26(33)18-32(37(3,35)36)22-13-14-24(29)23(28)16-22/h4-14,16,25H,15,17-18H2,1-3H3,(H,30,34)/t25-/m0/s1. The van der Waals surface area contributed by atoms with Gasteiger partial charge in [-0.1, -0.05) is 66.2 Å². The number of amides is 2. The largest absolute Gasteiger partial charge is 0.357 e. The number of benzene rings is 3. The highest BCUT2D eigenvalue weighted by molar-refractivity contribution is 7.92. The van der Waals surface area contributed by atoms with E-state index in [1.54, 1.807) is 0 Å². The molecule has 0 saturated heterocycles. The Bertz CT molecular complexity index is 1370. The molecule has 0 aliphatic heterocycles. The molecule has 0 heterocycles. The van der Waals surface area contributed by atoms with E-state index in [9.17, 15) is 22.4 Å². The van der Waals surface area contributed by atoms with Gasteiger partial charge in [-0.25, -0.2) is 12.8 Å². The highest BCUT2D eigenvalue weighted by Crippen LogP contribution is 2.25. The summed E-state index contributed by atoms with van der Waals surface area (Å²) >= 11 is 5.89. The Hall–Kier alpha value is -3.43. The first-order valence-electron chi connectivity index (χ1n) is 11.5. The fourth-order valence-corrected chi connectivity index (χ4v) is 4.96. The summed E-state index contributed by atoms with van der Waals surface area (Å²) in [5, 5.41) is 2.35. The van der Waals surface area contributed by atoms with Gasteiger partial charge in [0.15, 0.2) is 0 Å². The van der Waals surface area contributed by atoms with Crippen LogP contribution in [0.5, 0.6) is 0 Å². The number of anilines is 1. The smallest absolute Gasteiger partial charge is 0.244 e. The van der Waals surface area contributed by atoms with Gasteiger partial charge in [-0.15, -0.1) is 0 Å². The molecule has 0 aliphatic rings. The van der Waals surface area contributed by atoms with Crippen molar-refractivity contribution in [3.8, 4) is 0 Å². The van der Waals surface area contributed by atoms with E-state index < -0.39 is 34.3 Å². The van der Waals surface area contributed by atoms with Crippen LogP contribution < -0.4 is 9.62 Å². The number of sulfonamides is 1. The lowest BCUT2D eigenvalue weighted by atomic mass is 10.0.